The lowest BCUT2D eigenvalue weighted by Crippen LogP contribution is -2.28. The van der Waals surface area contributed by atoms with Crippen molar-refractivity contribution in [1.82, 2.24) is 10.2 Å². The molecule has 21 heavy (non-hydrogen) atoms. The normalized spacial score (nSPS) is 21.4. The predicted molar refractivity (Wildman–Crippen MR) is 85.1 cm³/mol. The highest BCUT2D eigenvalue weighted by Gasteiger charge is 2.33. The number of hydrogen-bond acceptors (Lipinski definition) is 3. The lowest BCUT2D eigenvalue weighted by Gasteiger charge is -2.10. The molecule has 1 aromatic carbocycles. The number of carbonyl (C=O) groups excluding carboxylic acids is 1. The van der Waals surface area contributed by atoms with E-state index in [0.717, 1.165) is 5.56 Å². The Morgan fingerprint density at radius 1 is 1.38 bits per heavy atom. The Hall–Kier alpha value is -2.12. The summed E-state index contributed by atoms with van der Waals surface area (Å²) in [7, 11) is 1.88. The second-order valence-corrected chi connectivity index (χ2v) is 4.77. The van der Waals surface area contributed by atoms with E-state index in [-0.39, 0.29) is 17.9 Å². The molecule has 1 aromatic rings. The third-order valence-electron chi connectivity index (χ3n) is 3.37. The molecule has 2 unspecified atom stereocenters. The molecular weight excluding hydrogens is 262 g/mol. The van der Waals surface area contributed by atoms with Gasteiger partial charge in [-0.1, -0.05) is 44.2 Å². The fourth-order valence-electron chi connectivity index (χ4n) is 2.24. The maximum Gasteiger partial charge on any atom is 0.228 e. The summed E-state index contributed by atoms with van der Waals surface area (Å²) >= 11 is 0. The third kappa shape index (κ3) is 5.05. The number of hydrogen-bond donors (Lipinski definition) is 1. The van der Waals surface area contributed by atoms with E-state index in [1.807, 2.05) is 62.2 Å². The fourth-order valence-corrected chi connectivity index (χ4v) is 2.24. The Bertz CT molecular complexity index is 505. The maximum atomic E-state index is 11.9. The van der Waals surface area contributed by atoms with E-state index in [1.54, 1.807) is 6.20 Å². The Morgan fingerprint density at radius 3 is 2.62 bits per heavy atom. The first-order chi connectivity index (χ1) is 10.2. The molecular formula is C17H23N3O. The van der Waals surface area contributed by atoms with Gasteiger partial charge < -0.3 is 5.32 Å². The molecule has 0 aromatic heterocycles. The molecule has 0 spiro atoms. The summed E-state index contributed by atoms with van der Waals surface area (Å²) in [6.07, 6.45) is 4.13. The van der Waals surface area contributed by atoms with Gasteiger partial charge in [0.2, 0.25) is 5.91 Å². The number of carbonyl (C=O) groups is 1. The molecule has 1 amide bonds. The van der Waals surface area contributed by atoms with Crippen LogP contribution in [0, 0.1) is 17.2 Å². The Kier molecular flexibility index (Phi) is 7.20. The van der Waals surface area contributed by atoms with Crippen LogP contribution in [0.2, 0.25) is 0 Å². The van der Waals surface area contributed by atoms with Crippen molar-refractivity contribution in [3.63, 3.8) is 0 Å². The Balaban J connectivity index is 0.00000106. The monoisotopic (exact) mass is 285 g/mol. The van der Waals surface area contributed by atoms with Crippen LogP contribution >= 0.6 is 0 Å². The van der Waals surface area contributed by atoms with Gasteiger partial charge in [0.05, 0.1) is 18.0 Å². The predicted octanol–water partition coefficient (Wildman–Crippen LogP) is 2.64. The molecule has 4 heteroatoms. The van der Waals surface area contributed by atoms with Crippen molar-refractivity contribution < 1.29 is 4.79 Å². The lowest BCUT2D eigenvalue weighted by molar-refractivity contribution is -0.123. The molecule has 0 saturated carbocycles. The van der Waals surface area contributed by atoms with E-state index < -0.39 is 0 Å². The molecule has 1 N–H and O–H groups in total. The SMILES string of the molecule is CC.CN1CC(C(=O)N/C=C/c2ccccc2)CC1C#N. The van der Waals surface area contributed by atoms with Crippen LogP contribution in [0.5, 0.6) is 0 Å². The molecule has 1 fully saturated rings. The molecule has 2 rings (SSSR count). The average molecular weight is 285 g/mol. The zero-order chi connectivity index (χ0) is 15.7. The van der Waals surface area contributed by atoms with E-state index in [0.29, 0.717) is 13.0 Å². The molecule has 1 aliphatic heterocycles. The number of rotatable bonds is 3. The smallest absolute Gasteiger partial charge is 0.228 e. The summed E-state index contributed by atoms with van der Waals surface area (Å²) in [5.74, 6) is -0.119. The number of amides is 1. The molecule has 1 heterocycles. The maximum absolute atomic E-state index is 11.9. The van der Waals surface area contributed by atoms with E-state index in [9.17, 15) is 4.79 Å². The largest absolute Gasteiger partial charge is 0.332 e. The minimum atomic E-state index is -0.145. The van der Waals surface area contributed by atoms with Crippen molar-refractivity contribution >= 4 is 12.0 Å². The van der Waals surface area contributed by atoms with Crippen LogP contribution in [0.3, 0.4) is 0 Å². The standard InChI is InChI=1S/C15H17N3O.C2H6/c1-18-11-13(9-14(18)10-16)15(19)17-8-7-12-5-3-2-4-6-12;1-2/h2-8,13-14H,9,11H2,1H3,(H,17,19);1-2H3/b8-7+;. The van der Waals surface area contributed by atoms with Gasteiger partial charge >= 0.3 is 0 Å². The molecule has 0 radical (unpaired) electrons. The number of nitrogens with one attached hydrogen (secondary N) is 1. The van der Waals surface area contributed by atoms with Gasteiger partial charge in [-0.05, 0) is 25.1 Å². The highest BCUT2D eigenvalue weighted by atomic mass is 16.1. The minimum absolute atomic E-state index is 0.0169. The van der Waals surface area contributed by atoms with Gasteiger partial charge in [0.15, 0.2) is 0 Å². The number of nitrogens with zero attached hydrogens (tertiary/aromatic N) is 2. The number of nitriles is 1. The van der Waals surface area contributed by atoms with Crippen LogP contribution in [0.25, 0.3) is 6.08 Å². The molecule has 1 aliphatic rings. The van der Waals surface area contributed by atoms with Gasteiger partial charge in [0.25, 0.3) is 0 Å². The van der Waals surface area contributed by atoms with Crippen LogP contribution in [0.15, 0.2) is 36.5 Å². The first-order valence-corrected chi connectivity index (χ1v) is 7.32. The van der Waals surface area contributed by atoms with E-state index in [2.05, 4.69) is 11.4 Å². The number of benzene rings is 1. The highest BCUT2D eigenvalue weighted by Crippen LogP contribution is 2.21. The topological polar surface area (TPSA) is 56.1 Å². The van der Waals surface area contributed by atoms with Crippen molar-refractivity contribution in [2.45, 2.75) is 26.3 Å². The summed E-state index contributed by atoms with van der Waals surface area (Å²) in [4.78, 5) is 13.9. The van der Waals surface area contributed by atoms with Gasteiger partial charge in [-0.15, -0.1) is 0 Å². The summed E-state index contributed by atoms with van der Waals surface area (Å²) in [6.45, 7) is 4.64. The van der Waals surface area contributed by atoms with Crippen LogP contribution in [0.1, 0.15) is 25.8 Å². The second kappa shape index (κ2) is 8.93. The van der Waals surface area contributed by atoms with Gasteiger partial charge in [-0.2, -0.15) is 5.26 Å². The van der Waals surface area contributed by atoms with E-state index in [1.165, 1.54) is 0 Å². The minimum Gasteiger partial charge on any atom is -0.332 e. The average Bonchev–Trinajstić information content (AvgIpc) is 2.91. The molecule has 112 valence electrons. The van der Waals surface area contributed by atoms with Crippen molar-refractivity contribution in [2.24, 2.45) is 5.92 Å². The zero-order valence-electron chi connectivity index (χ0n) is 12.9. The lowest BCUT2D eigenvalue weighted by atomic mass is 10.1. The van der Waals surface area contributed by atoms with Crippen LogP contribution in [-0.2, 0) is 4.79 Å². The van der Waals surface area contributed by atoms with Gasteiger partial charge in [0.1, 0.15) is 0 Å². The van der Waals surface area contributed by atoms with Gasteiger partial charge in [0, 0.05) is 12.7 Å². The quantitative estimate of drug-likeness (QED) is 0.929. The van der Waals surface area contributed by atoms with Crippen LogP contribution in [0.4, 0.5) is 0 Å². The second-order valence-electron chi connectivity index (χ2n) is 4.77. The third-order valence-corrected chi connectivity index (χ3v) is 3.37. The zero-order valence-corrected chi connectivity index (χ0v) is 12.9. The Labute approximate surface area is 127 Å². The first-order valence-electron chi connectivity index (χ1n) is 7.32. The van der Waals surface area contributed by atoms with Crippen molar-refractivity contribution in [3.8, 4) is 6.07 Å². The summed E-state index contributed by atoms with van der Waals surface area (Å²) in [5.41, 5.74) is 1.04. The first kappa shape index (κ1) is 16.9. The summed E-state index contributed by atoms with van der Waals surface area (Å²) in [5, 5.41) is 11.7. The molecule has 4 nitrogen and oxygen atoms in total. The van der Waals surface area contributed by atoms with E-state index >= 15 is 0 Å². The number of likely N-dealkylation sites (tertiary alicyclic amines) is 1. The van der Waals surface area contributed by atoms with Gasteiger partial charge in [-0.25, -0.2) is 0 Å². The van der Waals surface area contributed by atoms with Crippen molar-refractivity contribution in [2.75, 3.05) is 13.6 Å². The molecule has 0 bridgehead atoms. The van der Waals surface area contributed by atoms with Gasteiger partial charge in [-0.3, -0.25) is 9.69 Å². The highest BCUT2D eigenvalue weighted by molar-refractivity contribution is 5.81. The molecule has 2 atom stereocenters. The fraction of sp³-hybridized carbons (Fsp3) is 0.412. The van der Waals surface area contributed by atoms with Crippen molar-refractivity contribution in [1.29, 1.82) is 5.26 Å². The molecule has 1 saturated heterocycles. The molecule has 0 aliphatic carbocycles. The summed E-state index contributed by atoms with van der Waals surface area (Å²) < 4.78 is 0. The summed E-state index contributed by atoms with van der Waals surface area (Å²) in [6, 6.07) is 11.9. The van der Waals surface area contributed by atoms with E-state index in [4.69, 9.17) is 5.26 Å². The van der Waals surface area contributed by atoms with Crippen LogP contribution in [-0.4, -0.2) is 30.4 Å². The Morgan fingerprint density at radius 2 is 2.05 bits per heavy atom. The van der Waals surface area contributed by atoms with Crippen LogP contribution < -0.4 is 5.32 Å². The van der Waals surface area contributed by atoms with Crippen molar-refractivity contribution in [3.05, 3.63) is 42.1 Å².